The number of carbonyl (C=O) groups excluding carboxylic acids is 2. The lowest BCUT2D eigenvalue weighted by Crippen LogP contribution is -2.37. The molecule has 3 aromatic rings. The van der Waals surface area contributed by atoms with Gasteiger partial charge in [0.25, 0.3) is 5.91 Å². The van der Waals surface area contributed by atoms with Crippen molar-refractivity contribution in [3.8, 4) is 5.75 Å². The molecule has 0 radical (unpaired) electrons. The number of carbonyl (C=O) groups is 3. The van der Waals surface area contributed by atoms with E-state index >= 15 is 0 Å². The van der Waals surface area contributed by atoms with E-state index in [2.05, 4.69) is 0 Å². The number of fused-ring (bicyclic) bond motifs is 1. The smallest absolute Gasteiger partial charge is 0.341 e. The number of carboxylic acids is 1. The maximum Gasteiger partial charge on any atom is 0.341 e. The zero-order valence-corrected chi connectivity index (χ0v) is 17.4. The lowest BCUT2D eigenvalue weighted by Gasteiger charge is -2.29. The van der Waals surface area contributed by atoms with Gasteiger partial charge in [-0.15, -0.1) is 0 Å². The molecule has 1 N–H and O–H groups in total. The number of hydrogen-bond acceptors (Lipinski definition) is 6. The molecule has 3 atom stereocenters. The first-order valence-corrected chi connectivity index (χ1v) is 10.4. The summed E-state index contributed by atoms with van der Waals surface area (Å²) in [6.45, 7) is -0.535. The zero-order valence-electron chi connectivity index (χ0n) is 17.4. The van der Waals surface area contributed by atoms with E-state index in [1.165, 1.54) is 0 Å². The van der Waals surface area contributed by atoms with E-state index in [0.717, 1.165) is 4.90 Å². The first-order chi connectivity index (χ1) is 16.1. The highest BCUT2D eigenvalue weighted by atomic mass is 16.7. The Morgan fingerprint density at radius 2 is 1.45 bits per heavy atom. The highest BCUT2D eigenvalue weighted by Crippen LogP contribution is 2.49. The summed E-state index contributed by atoms with van der Waals surface area (Å²) in [6, 6.07) is 24.1. The highest BCUT2D eigenvalue weighted by Gasteiger charge is 2.60. The fourth-order valence-corrected chi connectivity index (χ4v) is 4.36. The van der Waals surface area contributed by atoms with Gasteiger partial charge in [0, 0.05) is 5.56 Å². The van der Waals surface area contributed by atoms with Crippen molar-refractivity contribution in [2.24, 2.45) is 5.92 Å². The van der Waals surface area contributed by atoms with Gasteiger partial charge in [0.2, 0.25) is 5.91 Å². The van der Waals surface area contributed by atoms with E-state index in [4.69, 9.17) is 14.7 Å². The van der Waals surface area contributed by atoms with Crippen molar-refractivity contribution in [1.82, 2.24) is 0 Å². The first kappa shape index (κ1) is 20.7. The molecule has 166 valence electrons. The van der Waals surface area contributed by atoms with Crippen LogP contribution in [-0.4, -0.2) is 35.6 Å². The summed E-state index contributed by atoms with van der Waals surface area (Å²) in [5, 5.41) is 10.6. The van der Waals surface area contributed by atoms with Gasteiger partial charge in [-0.05, 0) is 30.3 Å². The minimum Gasteiger partial charge on any atom is -0.482 e. The van der Waals surface area contributed by atoms with Crippen LogP contribution in [0, 0.1) is 5.92 Å². The molecule has 2 aliphatic rings. The third kappa shape index (κ3) is 3.60. The number of aliphatic carboxylic acids is 1. The molecular weight excluding hydrogens is 424 g/mol. The van der Waals surface area contributed by atoms with Gasteiger partial charge in [0.05, 0.1) is 17.4 Å². The van der Waals surface area contributed by atoms with Crippen molar-refractivity contribution in [3.63, 3.8) is 0 Å². The van der Waals surface area contributed by atoms with Crippen LogP contribution in [0.5, 0.6) is 5.75 Å². The lowest BCUT2D eigenvalue weighted by molar-refractivity contribution is -0.139. The lowest BCUT2D eigenvalue weighted by atomic mass is 9.90. The number of benzene rings is 3. The Labute approximate surface area is 189 Å². The number of para-hydroxylation sites is 3. The molecule has 0 spiro atoms. The maximum atomic E-state index is 13.6. The standard InChI is InChI=1S/C25H20N2O6/c28-20(29)15-32-19-14-8-7-13-18(19)22-21-23(33-27(22)17-11-5-2-6-12-17)25(31)26(24(21)30)16-9-3-1-4-10-16/h1-14,21-23H,15H2,(H,28,29)/t21-,22-,23-/m1/s1. The number of nitrogens with zero attached hydrogens (tertiary/aromatic N) is 2. The monoisotopic (exact) mass is 444 g/mol. The van der Waals surface area contributed by atoms with E-state index in [0.29, 0.717) is 22.7 Å². The molecule has 8 heteroatoms. The summed E-state index contributed by atoms with van der Waals surface area (Å²) in [5.74, 6) is -2.47. The molecule has 2 heterocycles. The molecule has 2 saturated heterocycles. The van der Waals surface area contributed by atoms with Gasteiger partial charge < -0.3 is 9.84 Å². The highest BCUT2D eigenvalue weighted by molar-refractivity contribution is 6.23. The number of carboxylic acid groups (broad SMARTS) is 1. The Morgan fingerprint density at radius 3 is 2.12 bits per heavy atom. The minimum atomic E-state index is -1.12. The average Bonchev–Trinajstić information content (AvgIpc) is 3.35. The summed E-state index contributed by atoms with van der Waals surface area (Å²) >= 11 is 0. The Bertz CT molecular complexity index is 1200. The van der Waals surface area contributed by atoms with Crippen molar-refractivity contribution in [1.29, 1.82) is 0 Å². The number of hydroxylamine groups is 1. The van der Waals surface area contributed by atoms with Crippen LogP contribution in [0.1, 0.15) is 11.6 Å². The fourth-order valence-electron chi connectivity index (χ4n) is 4.36. The van der Waals surface area contributed by atoms with Crippen LogP contribution >= 0.6 is 0 Å². The van der Waals surface area contributed by atoms with Gasteiger partial charge in [0.15, 0.2) is 12.7 Å². The van der Waals surface area contributed by atoms with E-state index in [9.17, 15) is 14.4 Å². The van der Waals surface area contributed by atoms with Gasteiger partial charge in [-0.2, -0.15) is 0 Å². The minimum absolute atomic E-state index is 0.313. The normalized spacial score (nSPS) is 21.9. The third-order valence-corrected chi connectivity index (χ3v) is 5.73. The maximum absolute atomic E-state index is 13.6. The van der Waals surface area contributed by atoms with Gasteiger partial charge in [-0.1, -0.05) is 54.6 Å². The van der Waals surface area contributed by atoms with Crippen molar-refractivity contribution in [2.75, 3.05) is 16.6 Å². The van der Waals surface area contributed by atoms with Crippen LogP contribution in [0.3, 0.4) is 0 Å². The van der Waals surface area contributed by atoms with E-state index in [1.54, 1.807) is 53.6 Å². The van der Waals surface area contributed by atoms with Gasteiger partial charge in [-0.25, -0.2) is 14.8 Å². The van der Waals surface area contributed by atoms with Crippen LogP contribution in [0.25, 0.3) is 0 Å². The van der Waals surface area contributed by atoms with Gasteiger partial charge in [-0.3, -0.25) is 14.4 Å². The second-order valence-corrected chi connectivity index (χ2v) is 7.73. The Morgan fingerprint density at radius 1 is 0.848 bits per heavy atom. The predicted molar refractivity (Wildman–Crippen MR) is 119 cm³/mol. The fraction of sp³-hybridized carbons (Fsp3) is 0.160. The quantitative estimate of drug-likeness (QED) is 0.583. The largest absolute Gasteiger partial charge is 0.482 e. The SMILES string of the molecule is O=C(O)COc1ccccc1[C@@H]1[C@H]2C(=O)N(c3ccccc3)C(=O)[C@@H]2ON1c1ccccc1. The average molecular weight is 444 g/mol. The number of imide groups is 1. The topological polar surface area (TPSA) is 96.4 Å². The van der Waals surface area contributed by atoms with E-state index < -0.39 is 36.5 Å². The zero-order chi connectivity index (χ0) is 22.9. The number of amides is 2. The second kappa shape index (κ2) is 8.40. The Kier molecular flexibility index (Phi) is 5.27. The molecule has 8 nitrogen and oxygen atoms in total. The summed E-state index contributed by atoms with van der Waals surface area (Å²) in [7, 11) is 0. The molecule has 5 rings (SSSR count). The first-order valence-electron chi connectivity index (χ1n) is 10.4. The molecule has 33 heavy (non-hydrogen) atoms. The summed E-state index contributed by atoms with van der Waals surface area (Å²) in [5.41, 5.74) is 1.70. The van der Waals surface area contributed by atoms with Crippen molar-refractivity contribution in [2.45, 2.75) is 12.1 Å². The molecule has 3 aromatic carbocycles. The van der Waals surface area contributed by atoms with Gasteiger partial charge >= 0.3 is 5.97 Å². The second-order valence-electron chi connectivity index (χ2n) is 7.73. The number of ether oxygens (including phenoxy) is 1. The third-order valence-electron chi connectivity index (χ3n) is 5.73. The van der Waals surface area contributed by atoms with Crippen LogP contribution < -0.4 is 14.7 Å². The molecule has 2 aliphatic heterocycles. The molecular formula is C25H20N2O6. The van der Waals surface area contributed by atoms with Crippen molar-refractivity contribution in [3.05, 3.63) is 90.5 Å². The summed E-state index contributed by atoms with van der Waals surface area (Å²) in [4.78, 5) is 45.3. The number of hydrogen-bond donors (Lipinski definition) is 1. The number of anilines is 2. The molecule has 0 unspecified atom stereocenters. The van der Waals surface area contributed by atoms with Crippen molar-refractivity contribution >= 4 is 29.2 Å². The van der Waals surface area contributed by atoms with E-state index in [1.807, 2.05) is 36.4 Å². The van der Waals surface area contributed by atoms with Crippen LogP contribution in [0.15, 0.2) is 84.9 Å². The Balaban J connectivity index is 1.60. The molecule has 2 fully saturated rings. The van der Waals surface area contributed by atoms with Gasteiger partial charge in [0.1, 0.15) is 11.7 Å². The molecule has 0 aromatic heterocycles. The Hall–Kier alpha value is -4.17. The summed E-state index contributed by atoms with van der Waals surface area (Å²) in [6.07, 6.45) is -1.02. The van der Waals surface area contributed by atoms with Crippen molar-refractivity contribution < 1.29 is 29.1 Å². The molecule has 0 bridgehead atoms. The molecule has 0 aliphatic carbocycles. The van der Waals surface area contributed by atoms with Crippen LogP contribution in [0.2, 0.25) is 0 Å². The summed E-state index contributed by atoms with van der Waals surface area (Å²) < 4.78 is 5.53. The molecule has 2 amide bonds. The molecule has 0 saturated carbocycles. The van der Waals surface area contributed by atoms with E-state index in [-0.39, 0.29) is 5.91 Å². The predicted octanol–water partition coefficient (Wildman–Crippen LogP) is 3.20. The number of rotatable bonds is 6. The van der Waals surface area contributed by atoms with Crippen LogP contribution in [0.4, 0.5) is 11.4 Å². The van der Waals surface area contributed by atoms with Crippen LogP contribution in [-0.2, 0) is 19.2 Å².